The number of hydrogen-bond acceptors (Lipinski definition) is 5. The van der Waals surface area contributed by atoms with E-state index in [1.807, 2.05) is 17.5 Å². The molecule has 2 aromatic heterocycles. The first-order chi connectivity index (χ1) is 10.2. The van der Waals surface area contributed by atoms with E-state index in [9.17, 15) is 4.79 Å². The Morgan fingerprint density at radius 3 is 3.29 bits per heavy atom. The number of amides is 1. The van der Waals surface area contributed by atoms with Gasteiger partial charge in [-0.05, 0) is 37.8 Å². The number of piperidine rings is 1. The molecular weight excluding hydrogens is 286 g/mol. The van der Waals surface area contributed by atoms with Crippen LogP contribution in [0.3, 0.4) is 0 Å². The molecule has 0 radical (unpaired) electrons. The summed E-state index contributed by atoms with van der Waals surface area (Å²) >= 11 is 1.59. The summed E-state index contributed by atoms with van der Waals surface area (Å²) in [5, 5.41) is 8.30. The van der Waals surface area contributed by atoms with E-state index in [-0.39, 0.29) is 11.8 Å². The fourth-order valence-electron chi connectivity index (χ4n) is 2.59. The van der Waals surface area contributed by atoms with Crippen molar-refractivity contribution in [1.82, 2.24) is 15.6 Å². The Morgan fingerprint density at radius 2 is 2.52 bits per heavy atom. The number of nitrogens with one attached hydrogen (secondary N) is 2. The van der Waals surface area contributed by atoms with Crippen molar-refractivity contribution in [3.8, 4) is 10.8 Å². The molecule has 1 aliphatic heterocycles. The van der Waals surface area contributed by atoms with Crippen LogP contribution in [0.5, 0.6) is 0 Å². The minimum atomic E-state index is 0.102. The SMILES string of the molecule is C[C@H]1C[C@@H](C(=O)NCc2coc(-c3cccs3)n2)CCN1. The van der Waals surface area contributed by atoms with Crippen molar-refractivity contribution in [3.63, 3.8) is 0 Å². The van der Waals surface area contributed by atoms with Gasteiger partial charge in [0.1, 0.15) is 6.26 Å². The summed E-state index contributed by atoms with van der Waals surface area (Å²) in [7, 11) is 0. The first kappa shape index (κ1) is 14.3. The van der Waals surface area contributed by atoms with Crippen molar-refractivity contribution in [3.05, 3.63) is 29.5 Å². The molecule has 1 saturated heterocycles. The standard InChI is InChI=1S/C15H19N3O2S/c1-10-7-11(4-5-16-10)14(19)17-8-12-9-20-15(18-12)13-3-2-6-21-13/h2-3,6,9-11,16H,4-5,7-8H2,1H3,(H,17,19)/t10-,11-/m0/s1. The number of carbonyl (C=O) groups is 1. The zero-order chi connectivity index (χ0) is 14.7. The highest BCUT2D eigenvalue weighted by molar-refractivity contribution is 7.13. The van der Waals surface area contributed by atoms with Crippen LogP contribution in [0.15, 0.2) is 28.2 Å². The lowest BCUT2D eigenvalue weighted by molar-refractivity contribution is -0.126. The molecule has 0 aliphatic carbocycles. The van der Waals surface area contributed by atoms with Gasteiger partial charge in [0.2, 0.25) is 11.8 Å². The van der Waals surface area contributed by atoms with E-state index in [0.717, 1.165) is 30.0 Å². The molecule has 3 heterocycles. The number of nitrogens with zero attached hydrogens (tertiary/aromatic N) is 1. The molecular formula is C15H19N3O2S. The zero-order valence-electron chi connectivity index (χ0n) is 12.0. The van der Waals surface area contributed by atoms with E-state index in [4.69, 9.17) is 4.42 Å². The highest BCUT2D eigenvalue weighted by atomic mass is 32.1. The van der Waals surface area contributed by atoms with Gasteiger partial charge in [-0.3, -0.25) is 4.79 Å². The molecule has 6 heteroatoms. The van der Waals surface area contributed by atoms with Crippen LogP contribution in [0.2, 0.25) is 0 Å². The average molecular weight is 305 g/mol. The number of aromatic nitrogens is 1. The second-order valence-corrected chi connectivity index (χ2v) is 6.36. The van der Waals surface area contributed by atoms with E-state index < -0.39 is 0 Å². The molecule has 5 nitrogen and oxygen atoms in total. The molecule has 0 spiro atoms. The van der Waals surface area contributed by atoms with E-state index in [1.54, 1.807) is 17.6 Å². The maximum absolute atomic E-state index is 12.2. The predicted molar refractivity (Wildman–Crippen MR) is 81.9 cm³/mol. The Hall–Kier alpha value is -1.66. The lowest BCUT2D eigenvalue weighted by atomic mass is 9.92. The van der Waals surface area contributed by atoms with Gasteiger partial charge in [0.15, 0.2) is 0 Å². The monoisotopic (exact) mass is 305 g/mol. The van der Waals surface area contributed by atoms with Gasteiger partial charge in [-0.15, -0.1) is 11.3 Å². The maximum Gasteiger partial charge on any atom is 0.236 e. The molecule has 1 aliphatic rings. The van der Waals surface area contributed by atoms with Crippen LogP contribution in [-0.4, -0.2) is 23.5 Å². The largest absolute Gasteiger partial charge is 0.443 e. The molecule has 1 amide bonds. The van der Waals surface area contributed by atoms with Crippen molar-refractivity contribution in [1.29, 1.82) is 0 Å². The summed E-state index contributed by atoms with van der Waals surface area (Å²) in [6.07, 6.45) is 3.40. The van der Waals surface area contributed by atoms with Crippen molar-refractivity contribution >= 4 is 17.2 Å². The summed E-state index contributed by atoms with van der Waals surface area (Å²) in [4.78, 5) is 17.6. The van der Waals surface area contributed by atoms with Crippen LogP contribution in [0.4, 0.5) is 0 Å². The highest BCUT2D eigenvalue weighted by Gasteiger charge is 2.24. The minimum absolute atomic E-state index is 0.102. The van der Waals surface area contributed by atoms with Gasteiger partial charge in [-0.2, -0.15) is 0 Å². The first-order valence-corrected chi connectivity index (χ1v) is 8.09. The molecule has 3 rings (SSSR count). The molecule has 2 aromatic rings. The van der Waals surface area contributed by atoms with Gasteiger partial charge in [-0.1, -0.05) is 6.07 Å². The molecule has 0 aromatic carbocycles. The Kier molecular flexibility index (Phi) is 4.36. The van der Waals surface area contributed by atoms with E-state index in [1.165, 1.54) is 0 Å². The topological polar surface area (TPSA) is 67.2 Å². The lowest BCUT2D eigenvalue weighted by Gasteiger charge is -2.26. The van der Waals surface area contributed by atoms with Crippen molar-refractivity contribution < 1.29 is 9.21 Å². The van der Waals surface area contributed by atoms with Crippen LogP contribution >= 0.6 is 11.3 Å². The number of oxazole rings is 1. The zero-order valence-corrected chi connectivity index (χ0v) is 12.8. The first-order valence-electron chi connectivity index (χ1n) is 7.22. The fraction of sp³-hybridized carbons (Fsp3) is 0.467. The number of hydrogen-bond donors (Lipinski definition) is 2. The van der Waals surface area contributed by atoms with Crippen molar-refractivity contribution in [2.45, 2.75) is 32.4 Å². The van der Waals surface area contributed by atoms with Gasteiger partial charge in [-0.25, -0.2) is 4.98 Å². The summed E-state index contributed by atoms with van der Waals surface area (Å²) in [5.41, 5.74) is 0.758. The third-order valence-electron chi connectivity index (χ3n) is 3.72. The number of rotatable bonds is 4. The van der Waals surface area contributed by atoms with Crippen LogP contribution in [-0.2, 0) is 11.3 Å². The van der Waals surface area contributed by atoms with Crippen molar-refractivity contribution in [2.75, 3.05) is 6.54 Å². The molecule has 0 unspecified atom stereocenters. The Labute approximate surface area is 127 Å². The average Bonchev–Trinajstić information content (AvgIpc) is 3.15. The molecule has 1 fully saturated rings. The van der Waals surface area contributed by atoms with Crippen LogP contribution in [0, 0.1) is 5.92 Å². The van der Waals surface area contributed by atoms with Crippen LogP contribution < -0.4 is 10.6 Å². The summed E-state index contributed by atoms with van der Waals surface area (Å²) in [6, 6.07) is 4.34. The number of thiophene rings is 1. The Morgan fingerprint density at radius 1 is 1.62 bits per heavy atom. The quantitative estimate of drug-likeness (QED) is 0.910. The maximum atomic E-state index is 12.2. The summed E-state index contributed by atoms with van der Waals surface area (Å²) in [5.74, 6) is 0.832. The highest BCUT2D eigenvalue weighted by Crippen LogP contribution is 2.23. The van der Waals surface area contributed by atoms with Crippen LogP contribution in [0.25, 0.3) is 10.8 Å². The van der Waals surface area contributed by atoms with Gasteiger partial charge in [0.05, 0.1) is 17.1 Å². The van der Waals surface area contributed by atoms with Gasteiger partial charge >= 0.3 is 0 Å². The third-order valence-corrected chi connectivity index (χ3v) is 4.58. The second-order valence-electron chi connectivity index (χ2n) is 5.42. The lowest BCUT2D eigenvalue weighted by Crippen LogP contribution is -2.42. The third kappa shape index (κ3) is 3.51. The van der Waals surface area contributed by atoms with E-state index in [0.29, 0.717) is 18.5 Å². The summed E-state index contributed by atoms with van der Waals surface area (Å²) in [6.45, 7) is 3.45. The Balaban J connectivity index is 1.54. The summed E-state index contributed by atoms with van der Waals surface area (Å²) < 4.78 is 5.44. The molecule has 2 N–H and O–H groups in total. The van der Waals surface area contributed by atoms with Gasteiger partial charge < -0.3 is 15.1 Å². The minimum Gasteiger partial charge on any atom is -0.443 e. The van der Waals surface area contributed by atoms with Gasteiger partial charge in [0.25, 0.3) is 0 Å². The molecule has 2 atom stereocenters. The van der Waals surface area contributed by atoms with E-state index in [2.05, 4.69) is 22.5 Å². The molecule has 0 saturated carbocycles. The predicted octanol–water partition coefficient (Wildman–Crippen LogP) is 2.41. The Bertz CT molecular complexity index is 594. The molecule has 112 valence electrons. The van der Waals surface area contributed by atoms with Crippen molar-refractivity contribution in [2.24, 2.45) is 5.92 Å². The van der Waals surface area contributed by atoms with Gasteiger partial charge in [0, 0.05) is 12.0 Å². The van der Waals surface area contributed by atoms with E-state index >= 15 is 0 Å². The second kappa shape index (κ2) is 6.41. The molecule has 0 bridgehead atoms. The fourth-order valence-corrected chi connectivity index (χ4v) is 3.25. The molecule has 21 heavy (non-hydrogen) atoms. The van der Waals surface area contributed by atoms with Crippen LogP contribution in [0.1, 0.15) is 25.5 Å². The number of carbonyl (C=O) groups excluding carboxylic acids is 1. The normalized spacial score (nSPS) is 22.1. The smallest absolute Gasteiger partial charge is 0.236 e.